The van der Waals surface area contributed by atoms with E-state index in [2.05, 4.69) is 37.4 Å². The van der Waals surface area contributed by atoms with Crippen LogP contribution in [-0.4, -0.2) is 12.3 Å². The van der Waals surface area contributed by atoms with Gasteiger partial charge in [-0.2, -0.15) is 0 Å². The Bertz CT molecular complexity index is 349. The number of benzene rings is 1. The van der Waals surface area contributed by atoms with Gasteiger partial charge in [0.25, 0.3) is 0 Å². The number of nitrogens with one attached hydrogen (secondary N) is 1. The fraction of sp³-hybridized carbons (Fsp3) is 0.533. The second-order valence-corrected chi connectivity index (χ2v) is 4.39. The standard InChI is InChI=1S/C15H23NO/c1-4-13-9-6-10-14(5-2)15(13)16-11-7-8-12(3)17/h6,9-10,16H,4-5,7-8,11H2,1-3H3. The van der Waals surface area contributed by atoms with E-state index in [0.717, 1.165) is 25.8 Å². The molecule has 0 aliphatic carbocycles. The Labute approximate surface area is 104 Å². The molecule has 2 heteroatoms. The van der Waals surface area contributed by atoms with Crippen molar-refractivity contribution >= 4 is 11.5 Å². The molecule has 0 aliphatic heterocycles. The number of Topliss-reactive ketones (excluding diaryl/α,β-unsaturated/α-hetero) is 1. The number of aryl methyl sites for hydroxylation is 2. The summed E-state index contributed by atoms with van der Waals surface area (Å²) in [5, 5.41) is 3.49. The Hall–Kier alpha value is -1.31. The largest absolute Gasteiger partial charge is 0.385 e. The second-order valence-electron chi connectivity index (χ2n) is 4.39. The van der Waals surface area contributed by atoms with Gasteiger partial charge < -0.3 is 10.1 Å². The first kappa shape index (κ1) is 13.8. The van der Waals surface area contributed by atoms with Crippen LogP contribution in [0.25, 0.3) is 0 Å². The summed E-state index contributed by atoms with van der Waals surface area (Å²) in [5.74, 6) is 0.270. The highest BCUT2D eigenvalue weighted by Crippen LogP contribution is 2.22. The van der Waals surface area contributed by atoms with Gasteiger partial charge >= 0.3 is 0 Å². The molecule has 0 saturated carbocycles. The number of hydrogen-bond acceptors (Lipinski definition) is 2. The van der Waals surface area contributed by atoms with E-state index < -0.39 is 0 Å². The molecule has 1 rings (SSSR count). The van der Waals surface area contributed by atoms with E-state index in [-0.39, 0.29) is 5.78 Å². The Morgan fingerprint density at radius 3 is 2.24 bits per heavy atom. The lowest BCUT2D eigenvalue weighted by Crippen LogP contribution is -2.08. The van der Waals surface area contributed by atoms with Gasteiger partial charge in [-0.25, -0.2) is 0 Å². The number of para-hydroxylation sites is 1. The minimum absolute atomic E-state index is 0.270. The Morgan fingerprint density at radius 1 is 1.18 bits per heavy atom. The molecule has 0 saturated heterocycles. The minimum Gasteiger partial charge on any atom is -0.385 e. The molecule has 0 bridgehead atoms. The number of carbonyl (C=O) groups is 1. The maximum atomic E-state index is 10.9. The molecule has 0 radical (unpaired) electrons. The zero-order valence-electron chi connectivity index (χ0n) is 11.2. The van der Waals surface area contributed by atoms with Crippen molar-refractivity contribution in [2.75, 3.05) is 11.9 Å². The molecule has 0 fully saturated rings. The lowest BCUT2D eigenvalue weighted by atomic mass is 10.0. The maximum Gasteiger partial charge on any atom is 0.129 e. The van der Waals surface area contributed by atoms with Crippen LogP contribution < -0.4 is 5.32 Å². The quantitative estimate of drug-likeness (QED) is 0.729. The third-order valence-electron chi connectivity index (χ3n) is 3.01. The molecule has 0 unspecified atom stereocenters. The average molecular weight is 233 g/mol. The van der Waals surface area contributed by atoms with Crippen molar-refractivity contribution in [1.82, 2.24) is 0 Å². The highest BCUT2D eigenvalue weighted by atomic mass is 16.1. The molecule has 0 spiro atoms. The monoisotopic (exact) mass is 233 g/mol. The van der Waals surface area contributed by atoms with Gasteiger partial charge in [-0.15, -0.1) is 0 Å². The molecule has 94 valence electrons. The summed E-state index contributed by atoms with van der Waals surface area (Å²) in [7, 11) is 0. The van der Waals surface area contributed by atoms with Gasteiger partial charge in [-0.05, 0) is 37.3 Å². The SMILES string of the molecule is CCc1cccc(CC)c1NCCCC(C)=O. The predicted octanol–water partition coefficient (Wildman–Crippen LogP) is 3.59. The van der Waals surface area contributed by atoms with Gasteiger partial charge in [0.15, 0.2) is 0 Å². The fourth-order valence-electron chi connectivity index (χ4n) is 2.02. The first-order chi connectivity index (χ1) is 8.19. The minimum atomic E-state index is 0.270. The van der Waals surface area contributed by atoms with Crippen molar-refractivity contribution in [2.24, 2.45) is 0 Å². The molecule has 1 N–H and O–H groups in total. The molecule has 1 aromatic rings. The number of rotatable bonds is 7. The van der Waals surface area contributed by atoms with Crippen LogP contribution in [0.1, 0.15) is 44.7 Å². The smallest absolute Gasteiger partial charge is 0.129 e. The topological polar surface area (TPSA) is 29.1 Å². The van der Waals surface area contributed by atoms with Crippen molar-refractivity contribution in [2.45, 2.75) is 46.5 Å². The van der Waals surface area contributed by atoms with Crippen LogP contribution in [0.4, 0.5) is 5.69 Å². The lowest BCUT2D eigenvalue weighted by Gasteiger charge is -2.15. The molecule has 0 atom stereocenters. The molecule has 0 aromatic heterocycles. The Balaban J connectivity index is 2.64. The van der Waals surface area contributed by atoms with E-state index in [4.69, 9.17) is 0 Å². The van der Waals surface area contributed by atoms with Crippen molar-refractivity contribution in [3.8, 4) is 0 Å². The van der Waals surface area contributed by atoms with Crippen LogP contribution in [0.3, 0.4) is 0 Å². The van der Waals surface area contributed by atoms with E-state index in [9.17, 15) is 4.79 Å². The van der Waals surface area contributed by atoms with Gasteiger partial charge in [0.2, 0.25) is 0 Å². The summed E-state index contributed by atoms with van der Waals surface area (Å²) in [4.78, 5) is 10.9. The summed E-state index contributed by atoms with van der Waals surface area (Å²) in [5.41, 5.74) is 4.01. The van der Waals surface area contributed by atoms with Crippen LogP contribution in [0.15, 0.2) is 18.2 Å². The maximum absolute atomic E-state index is 10.9. The van der Waals surface area contributed by atoms with E-state index in [1.165, 1.54) is 16.8 Å². The highest BCUT2D eigenvalue weighted by Gasteiger charge is 2.05. The number of carbonyl (C=O) groups excluding carboxylic acids is 1. The van der Waals surface area contributed by atoms with Crippen molar-refractivity contribution < 1.29 is 4.79 Å². The summed E-state index contributed by atoms with van der Waals surface area (Å²) in [6.45, 7) is 6.88. The van der Waals surface area contributed by atoms with Crippen LogP contribution in [0.5, 0.6) is 0 Å². The Morgan fingerprint density at radius 2 is 1.76 bits per heavy atom. The van der Waals surface area contributed by atoms with Gasteiger partial charge in [0.05, 0.1) is 0 Å². The first-order valence-electron chi connectivity index (χ1n) is 6.53. The fourth-order valence-corrected chi connectivity index (χ4v) is 2.02. The summed E-state index contributed by atoms with van der Waals surface area (Å²) in [6.07, 6.45) is 3.67. The summed E-state index contributed by atoms with van der Waals surface area (Å²) in [6, 6.07) is 6.47. The number of hydrogen-bond donors (Lipinski definition) is 1. The van der Waals surface area contributed by atoms with Crippen LogP contribution in [0, 0.1) is 0 Å². The van der Waals surface area contributed by atoms with Crippen LogP contribution in [-0.2, 0) is 17.6 Å². The lowest BCUT2D eigenvalue weighted by molar-refractivity contribution is -0.117. The van der Waals surface area contributed by atoms with Crippen molar-refractivity contribution in [1.29, 1.82) is 0 Å². The molecule has 17 heavy (non-hydrogen) atoms. The van der Waals surface area contributed by atoms with E-state index in [0.29, 0.717) is 6.42 Å². The van der Waals surface area contributed by atoms with Gasteiger partial charge in [0.1, 0.15) is 5.78 Å². The summed E-state index contributed by atoms with van der Waals surface area (Å²) >= 11 is 0. The van der Waals surface area contributed by atoms with Crippen molar-refractivity contribution in [3.05, 3.63) is 29.3 Å². The second kappa shape index (κ2) is 7.10. The number of ketones is 1. The van der Waals surface area contributed by atoms with Gasteiger partial charge in [0, 0.05) is 18.7 Å². The average Bonchev–Trinajstić information content (AvgIpc) is 2.34. The van der Waals surface area contributed by atoms with E-state index in [1.54, 1.807) is 6.92 Å². The molecule has 2 nitrogen and oxygen atoms in total. The van der Waals surface area contributed by atoms with Crippen molar-refractivity contribution in [3.63, 3.8) is 0 Å². The molecular weight excluding hydrogens is 210 g/mol. The van der Waals surface area contributed by atoms with E-state index in [1.807, 2.05) is 0 Å². The molecule has 0 aliphatic rings. The van der Waals surface area contributed by atoms with Crippen LogP contribution in [0.2, 0.25) is 0 Å². The molecule has 1 aromatic carbocycles. The van der Waals surface area contributed by atoms with Gasteiger partial charge in [-0.3, -0.25) is 0 Å². The zero-order valence-corrected chi connectivity index (χ0v) is 11.2. The van der Waals surface area contributed by atoms with E-state index >= 15 is 0 Å². The van der Waals surface area contributed by atoms with Gasteiger partial charge in [-0.1, -0.05) is 32.0 Å². The highest BCUT2D eigenvalue weighted by molar-refractivity contribution is 5.75. The Kier molecular flexibility index (Phi) is 5.75. The summed E-state index contributed by atoms with van der Waals surface area (Å²) < 4.78 is 0. The predicted molar refractivity (Wildman–Crippen MR) is 73.6 cm³/mol. The third kappa shape index (κ3) is 4.22. The molecular formula is C15H23NO. The molecule has 0 amide bonds. The normalized spacial score (nSPS) is 10.3. The first-order valence-corrected chi connectivity index (χ1v) is 6.53. The molecule has 0 heterocycles. The third-order valence-corrected chi connectivity index (χ3v) is 3.01. The number of anilines is 1. The van der Waals surface area contributed by atoms with Crippen LogP contribution >= 0.6 is 0 Å². The zero-order chi connectivity index (χ0) is 12.7.